The molecule has 2 aliphatic heterocycles. The van der Waals surface area contributed by atoms with Gasteiger partial charge in [-0.1, -0.05) is 48.5 Å². The molecule has 0 spiro atoms. The fraction of sp³-hybridized carbons (Fsp3) is 0.0909. The van der Waals surface area contributed by atoms with E-state index >= 15 is 0 Å². The van der Waals surface area contributed by atoms with E-state index in [4.69, 9.17) is 14.2 Å². The third kappa shape index (κ3) is 3.30. The van der Waals surface area contributed by atoms with Gasteiger partial charge in [-0.3, -0.25) is 0 Å². The summed E-state index contributed by atoms with van der Waals surface area (Å²) in [6.07, 6.45) is -2.29. The Kier molecular flexibility index (Phi) is 4.37. The first-order valence-corrected chi connectivity index (χ1v) is 9.94. The van der Waals surface area contributed by atoms with Crippen molar-refractivity contribution in [2.45, 2.75) is 11.0 Å². The Hall–Kier alpha value is -3.45. The van der Waals surface area contributed by atoms with Crippen LogP contribution in [0.25, 0.3) is 0 Å². The molecule has 29 heavy (non-hydrogen) atoms. The van der Waals surface area contributed by atoms with Crippen molar-refractivity contribution in [2.75, 3.05) is 0 Å². The molecule has 2 heterocycles. The minimum absolute atomic E-state index is 0.0400. The molecule has 0 bridgehead atoms. The van der Waals surface area contributed by atoms with Gasteiger partial charge in [-0.15, -0.1) is 11.8 Å². The van der Waals surface area contributed by atoms with Crippen molar-refractivity contribution in [3.05, 3.63) is 83.4 Å². The maximum Gasteiger partial charge on any atom is 0.524 e. The van der Waals surface area contributed by atoms with Crippen LogP contribution < -0.4 is 14.2 Å². The topological polar surface area (TPSA) is 71.1 Å². The molecule has 1 unspecified atom stereocenters. The van der Waals surface area contributed by atoms with Gasteiger partial charge in [-0.2, -0.15) is 0 Å². The second-order valence-corrected chi connectivity index (χ2v) is 7.53. The van der Waals surface area contributed by atoms with Gasteiger partial charge in [0.2, 0.25) is 5.75 Å². The Balaban J connectivity index is 1.58. The van der Waals surface area contributed by atoms with E-state index in [-0.39, 0.29) is 16.7 Å². The number of hydrogen-bond acceptors (Lipinski definition) is 7. The van der Waals surface area contributed by atoms with Gasteiger partial charge >= 0.3 is 12.3 Å². The first kappa shape index (κ1) is 17.6. The number of rotatable bonds is 3. The van der Waals surface area contributed by atoms with Gasteiger partial charge in [-0.05, 0) is 23.8 Å². The second kappa shape index (κ2) is 7.18. The number of cyclic esters (lactones) is 2. The lowest BCUT2D eigenvalue weighted by Gasteiger charge is -2.29. The number of ether oxygens (including phenoxy) is 4. The molecule has 0 saturated heterocycles. The van der Waals surface area contributed by atoms with Crippen molar-refractivity contribution in [3.8, 4) is 23.0 Å². The van der Waals surface area contributed by atoms with Crippen molar-refractivity contribution in [1.82, 2.24) is 0 Å². The lowest BCUT2D eigenvalue weighted by atomic mass is 9.99. The van der Waals surface area contributed by atoms with E-state index in [9.17, 15) is 9.59 Å². The zero-order valence-corrected chi connectivity index (χ0v) is 15.8. The van der Waals surface area contributed by atoms with Crippen LogP contribution >= 0.6 is 11.8 Å². The van der Waals surface area contributed by atoms with Crippen molar-refractivity contribution >= 4 is 24.1 Å². The van der Waals surface area contributed by atoms with Crippen molar-refractivity contribution in [1.29, 1.82) is 0 Å². The van der Waals surface area contributed by atoms with Crippen LogP contribution in [0.3, 0.4) is 0 Å². The summed E-state index contributed by atoms with van der Waals surface area (Å²) in [5, 5.41) is -0.0565. The maximum absolute atomic E-state index is 11.8. The van der Waals surface area contributed by atoms with Gasteiger partial charge < -0.3 is 18.9 Å². The van der Waals surface area contributed by atoms with Crippen LogP contribution in [0.1, 0.15) is 21.9 Å². The standard InChI is InChI=1S/C22H14O6S/c23-21-26-17-11-10-15-18(19(17)27-22(24)28-21)25-16-9-5-4-8-14(16)20(15)29-12-13-6-2-1-3-7-13/h1-11,20H,12H2. The molecule has 1 atom stereocenters. The van der Waals surface area contributed by atoms with Crippen LogP contribution in [0.15, 0.2) is 66.7 Å². The summed E-state index contributed by atoms with van der Waals surface area (Å²) in [6, 6.07) is 21.3. The highest BCUT2D eigenvalue weighted by atomic mass is 32.2. The molecule has 7 heteroatoms. The number of carbonyl (C=O) groups is 2. The average molecular weight is 406 g/mol. The highest BCUT2D eigenvalue weighted by Gasteiger charge is 2.35. The predicted molar refractivity (Wildman–Crippen MR) is 106 cm³/mol. The van der Waals surface area contributed by atoms with E-state index in [1.807, 2.05) is 48.5 Å². The van der Waals surface area contributed by atoms with Crippen LogP contribution in [0.2, 0.25) is 0 Å². The van der Waals surface area contributed by atoms with Crippen molar-refractivity contribution < 1.29 is 28.5 Å². The van der Waals surface area contributed by atoms with Gasteiger partial charge in [0.1, 0.15) is 5.75 Å². The van der Waals surface area contributed by atoms with Crippen LogP contribution in [-0.4, -0.2) is 12.3 Å². The van der Waals surface area contributed by atoms with E-state index in [0.717, 1.165) is 16.9 Å². The molecular formula is C22H14O6S. The Bertz CT molecular complexity index is 1110. The second-order valence-electron chi connectivity index (χ2n) is 6.43. The van der Waals surface area contributed by atoms with E-state index in [2.05, 4.69) is 16.9 Å². The summed E-state index contributed by atoms with van der Waals surface area (Å²) < 4.78 is 20.7. The van der Waals surface area contributed by atoms with Crippen LogP contribution in [0.4, 0.5) is 9.59 Å². The largest absolute Gasteiger partial charge is 0.524 e. The Morgan fingerprint density at radius 1 is 0.655 bits per heavy atom. The fourth-order valence-corrected chi connectivity index (χ4v) is 4.62. The molecule has 0 aliphatic carbocycles. The Morgan fingerprint density at radius 2 is 1.41 bits per heavy atom. The minimum atomic E-state index is -1.15. The molecule has 3 aromatic rings. The van der Waals surface area contributed by atoms with E-state index in [1.165, 1.54) is 5.56 Å². The maximum atomic E-state index is 11.8. The summed E-state index contributed by atoms with van der Waals surface area (Å²) in [7, 11) is 0. The van der Waals surface area contributed by atoms with Crippen LogP contribution in [0, 0.1) is 0 Å². The highest BCUT2D eigenvalue weighted by molar-refractivity contribution is 7.99. The molecule has 0 amide bonds. The average Bonchev–Trinajstić information content (AvgIpc) is 2.88. The summed E-state index contributed by atoms with van der Waals surface area (Å²) >= 11 is 1.73. The van der Waals surface area contributed by atoms with Crippen LogP contribution in [-0.2, 0) is 10.5 Å². The molecule has 0 radical (unpaired) electrons. The van der Waals surface area contributed by atoms with E-state index < -0.39 is 12.3 Å². The van der Waals surface area contributed by atoms with E-state index in [1.54, 1.807) is 17.8 Å². The third-order valence-electron chi connectivity index (χ3n) is 4.61. The molecule has 0 fully saturated rings. The SMILES string of the molecule is O=C1OC(=O)Oc2c(ccc3c2Oc2ccccc2C3SCc2ccccc2)O1. The fourth-order valence-electron chi connectivity index (χ4n) is 3.33. The van der Waals surface area contributed by atoms with Gasteiger partial charge in [-0.25, -0.2) is 9.59 Å². The number of hydrogen-bond donors (Lipinski definition) is 0. The summed E-state index contributed by atoms with van der Waals surface area (Å²) in [6.45, 7) is 0. The predicted octanol–water partition coefficient (Wildman–Crippen LogP) is 5.84. The lowest BCUT2D eigenvalue weighted by Crippen LogP contribution is -2.15. The molecule has 0 saturated carbocycles. The molecule has 0 aromatic heterocycles. The number of para-hydroxylation sites is 1. The molecule has 3 aromatic carbocycles. The first-order valence-electron chi connectivity index (χ1n) is 8.90. The number of benzene rings is 3. The monoisotopic (exact) mass is 406 g/mol. The van der Waals surface area contributed by atoms with Gasteiger partial charge in [0, 0.05) is 16.9 Å². The van der Waals surface area contributed by atoms with Gasteiger partial charge in [0.15, 0.2) is 11.5 Å². The van der Waals surface area contributed by atoms with Crippen LogP contribution in [0.5, 0.6) is 23.0 Å². The van der Waals surface area contributed by atoms with Gasteiger partial charge in [0.25, 0.3) is 0 Å². The normalized spacial score (nSPS) is 16.8. The summed E-state index contributed by atoms with van der Waals surface area (Å²) in [4.78, 5) is 23.3. The molecule has 2 aliphatic rings. The molecule has 0 N–H and O–H groups in total. The zero-order chi connectivity index (χ0) is 19.8. The number of carbonyl (C=O) groups excluding carboxylic acids is 2. The smallest absolute Gasteiger partial charge is 0.453 e. The number of thioether (sulfide) groups is 1. The zero-order valence-electron chi connectivity index (χ0n) is 15.0. The molecular weight excluding hydrogens is 392 g/mol. The van der Waals surface area contributed by atoms with Crippen molar-refractivity contribution in [3.63, 3.8) is 0 Å². The quantitative estimate of drug-likeness (QED) is 0.307. The summed E-state index contributed by atoms with van der Waals surface area (Å²) in [5.41, 5.74) is 3.05. The first-order chi connectivity index (χ1) is 14.2. The molecule has 144 valence electrons. The minimum Gasteiger partial charge on any atom is -0.453 e. The lowest BCUT2D eigenvalue weighted by molar-refractivity contribution is 0.0994. The van der Waals surface area contributed by atoms with Gasteiger partial charge in [0.05, 0.1) is 5.25 Å². The third-order valence-corrected chi connectivity index (χ3v) is 5.95. The Labute approximate surface area is 170 Å². The number of fused-ring (bicyclic) bond motifs is 4. The molecule has 6 nitrogen and oxygen atoms in total. The van der Waals surface area contributed by atoms with E-state index in [0.29, 0.717) is 11.5 Å². The summed E-state index contributed by atoms with van der Waals surface area (Å²) in [5.74, 6) is 1.91. The Morgan fingerprint density at radius 3 is 2.28 bits per heavy atom. The highest BCUT2D eigenvalue weighted by Crippen LogP contribution is 2.55. The van der Waals surface area contributed by atoms with Crippen molar-refractivity contribution in [2.24, 2.45) is 0 Å². The molecule has 5 rings (SSSR count).